The Kier molecular flexibility index (Phi) is 6.57. The molecule has 0 atom stereocenters. The first-order chi connectivity index (χ1) is 5.00. The average Bonchev–Trinajstić information content (AvgIpc) is 2.67. The topological polar surface area (TPSA) is 31.6 Å². The number of H-pyrrole nitrogens is 2. The van der Waals surface area contributed by atoms with Gasteiger partial charge in [-0.15, -0.1) is 0 Å². The summed E-state index contributed by atoms with van der Waals surface area (Å²) in [6.07, 6.45) is 7.50. The van der Waals surface area contributed by atoms with Crippen LogP contribution in [0.1, 0.15) is 0 Å². The zero-order valence-electron chi connectivity index (χ0n) is 5.95. The summed E-state index contributed by atoms with van der Waals surface area (Å²) in [4.78, 5) is 5.72. The first-order valence-electron chi connectivity index (χ1n) is 3.15. The molecule has 3 heteroatoms. The zero-order chi connectivity index (χ0) is 7.07. The molecule has 2 nitrogen and oxygen atoms in total. The van der Waals surface area contributed by atoms with Crippen LogP contribution in [0.5, 0.6) is 0 Å². The Morgan fingerprint density at radius 3 is 0.909 bits per heavy atom. The predicted octanol–water partition coefficient (Wildman–Crippen LogP) is 2.03. The second-order valence-corrected chi connectivity index (χ2v) is 1.77. The van der Waals surface area contributed by atoms with Gasteiger partial charge in [-0.05, 0) is 24.3 Å². The van der Waals surface area contributed by atoms with E-state index in [1.807, 2.05) is 49.1 Å². The molecule has 0 saturated carbocycles. The Morgan fingerprint density at radius 1 is 0.545 bits per heavy atom. The molecule has 0 fully saturated rings. The van der Waals surface area contributed by atoms with Crippen LogP contribution < -0.4 is 0 Å². The standard InChI is InChI=1S/2C4H5N.Co/c2*1-2-4-5-3-1;/h2*1-5H;. The van der Waals surface area contributed by atoms with Crippen molar-refractivity contribution in [2.45, 2.75) is 0 Å². The maximum Gasteiger partial charge on any atom is 0.000496 e. The molecule has 0 saturated heterocycles. The van der Waals surface area contributed by atoms with Crippen molar-refractivity contribution in [1.29, 1.82) is 0 Å². The SMILES string of the molecule is [Co].c1cc[nH]c1.c1cc[nH]c1. The van der Waals surface area contributed by atoms with E-state index in [1.54, 1.807) is 0 Å². The molecule has 0 amide bonds. The van der Waals surface area contributed by atoms with Crippen molar-refractivity contribution in [2.75, 3.05) is 0 Å². The van der Waals surface area contributed by atoms with Gasteiger partial charge in [0.25, 0.3) is 0 Å². The van der Waals surface area contributed by atoms with Crippen LogP contribution in [0.25, 0.3) is 0 Å². The number of rotatable bonds is 0. The average molecular weight is 193 g/mol. The largest absolute Gasteiger partial charge is 0.368 e. The summed E-state index contributed by atoms with van der Waals surface area (Å²) in [6, 6.07) is 7.78. The molecule has 1 radical (unpaired) electrons. The van der Waals surface area contributed by atoms with Gasteiger partial charge in [0.2, 0.25) is 0 Å². The number of aromatic amines is 2. The van der Waals surface area contributed by atoms with E-state index in [1.165, 1.54) is 0 Å². The van der Waals surface area contributed by atoms with Gasteiger partial charge in [0.05, 0.1) is 0 Å². The third-order valence-electron chi connectivity index (χ3n) is 0.992. The normalized spacial score (nSPS) is 7.27. The molecule has 0 aliphatic carbocycles. The molecule has 0 aromatic carbocycles. The molecule has 2 aromatic heterocycles. The van der Waals surface area contributed by atoms with Crippen molar-refractivity contribution in [3.05, 3.63) is 49.1 Å². The molecule has 0 bridgehead atoms. The second kappa shape index (κ2) is 7.18. The minimum Gasteiger partial charge on any atom is -0.368 e. The van der Waals surface area contributed by atoms with Crippen molar-refractivity contribution < 1.29 is 16.8 Å². The summed E-state index contributed by atoms with van der Waals surface area (Å²) in [6.45, 7) is 0. The van der Waals surface area contributed by atoms with E-state index in [2.05, 4.69) is 9.97 Å². The molecule has 2 heterocycles. The Bertz CT molecular complexity index is 151. The van der Waals surface area contributed by atoms with Gasteiger partial charge in [-0.2, -0.15) is 0 Å². The molecule has 2 rings (SSSR count). The summed E-state index contributed by atoms with van der Waals surface area (Å²) >= 11 is 0. The smallest absolute Gasteiger partial charge is 0.000496 e. The van der Waals surface area contributed by atoms with Crippen LogP contribution in [-0.2, 0) is 16.8 Å². The van der Waals surface area contributed by atoms with Gasteiger partial charge >= 0.3 is 0 Å². The molecule has 11 heavy (non-hydrogen) atoms. The molecule has 2 N–H and O–H groups in total. The quantitative estimate of drug-likeness (QED) is 0.641. The van der Waals surface area contributed by atoms with E-state index in [0.717, 1.165) is 0 Å². The minimum absolute atomic E-state index is 0. The first kappa shape index (κ1) is 10.1. The molecular formula is C8H10CoN2. The van der Waals surface area contributed by atoms with Gasteiger partial charge in [-0.3, -0.25) is 0 Å². The minimum atomic E-state index is 0. The van der Waals surface area contributed by atoms with Crippen molar-refractivity contribution in [2.24, 2.45) is 0 Å². The summed E-state index contributed by atoms with van der Waals surface area (Å²) in [5, 5.41) is 0. The van der Waals surface area contributed by atoms with Crippen molar-refractivity contribution in [3.8, 4) is 0 Å². The van der Waals surface area contributed by atoms with Crippen LogP contribution >= 0.6 is 0 Å². The third kappa shape index (κ3) is 5.51. The van der Waals surface area contributed by atoms with Gasteiger partial charge < -0.3 is 9.97 Å². The van der Waals surface area contributed by atoms with Crippen LogP contribution in [0.4, 0.5) is 0 Å². The van der Waals surface area contributed by atoms with E-state index in [9.17, 15) is 0 Å². The summed E-state index contributed by atoms with van der Waals surface area (Å²) < 4.78 is 0. The Morgan fingerprint density at radius 2 is 0.818 bits per heavy atom. The first-order valence-corrected chi connectivity index (χ1v) is 3.15. The van der Waals surface area contributed by atoms with Crippen molar-refractivity contribution >= 4 is 0 Å². The van der Waals surface area contributed by atoms with E-state index in [0.29, 0.717) is 0 Å². The molecular weight excluding hydrogens is 183 g/mol. The molecule has 61 valence electrons. The number of nitrogens with one attached hydrogen (secondary N) is 2. The molecule has 0 unspecified atom stereocenters. The number of aromatic nitrogens is 2. The number of hydrogen-bond donors (Lipinski definition) is 2. The van der Waals surface area contributed by atoms with Gasteiger partial charge in [0.1, 0.15) is 0 Å². The van der Waals surface area contributed by atoms with E-state index in [-0.39, 0.29) is 16.8 Å². The second-order valence-electron chi connectivity index (χ2n) is 1.77. The van der Waals surface area contributed by atoms with Crippen LogP contribution in [0.15, 0.2) is 49.1 Å². The predicted molar refractivity (Wildman–Crippen MR) is 41.6 cm³/mol. The third-order valence-corrected chi connectivity index (χ3v) is 0.992. The van der Waals surface area contributed by atoms with E-state index >= 15 is 0 Å². The zero-order valence-corrected chi connectivity index (χ0v) is 6.99. The Hall–Kier alpha value is -0.934. The van der Waals surface area contributed by atoms with Crippen molar-refractivity contribution in [1.82, 2.24) is 9.97 Å². The summed E-state index contributed by atoms with van der Waals surface area (Å²) in [7, 11) is 0. The van der Waals surface area contributed by atoms with Crippen LogP contribution in [-0.4, -0.2) is 9.97 Å². The van der Waals surface area contributed by atoms with Gasteiger partial charge in [-0.1, -0.05) is 0 Å². The fourth-order valence-electron chi connectivity index (χ4n) is 0.556. The van der Waals surface area contributed by atoms with Gasteiger partial charge in [0.15, 0.2) is 0 Å². The van der Waals surface area contributed by atoms with Crippen LogP contribution in [0.3, 0.4) is 0 Å². The van der Waals surface area contributed by atoms with Gasteiger partial charge in [0, 0.05) is 41.6 Å². The molecule has 0 aliphatic heterocycles. The monoisotopic (exact) mass is 193 g/mol. The fourth-order valence-corrected chi connectivity index (χ4v) is 0.556. The van der Waals surface area contributed by atoms with E-state index in [4.69, 9.17) is 0 Å². The molecule has 0 spiro atoms. The maximum absolute atomic E-state index is 2.86. The summed E-state index contributed by atoms with van der Waals surface area (Å²) in [5.74, 6) is 0. The van der Waals surface area contributed by atoms with Gasteiger partial charge in [-0.25, -0.2) is 0 Å². The fraction of sp³-hybridized carbons (Fsp3) is 0. The molecule has 0 aliphatic rings. The van der Waals surface area contributed by atoms with E-state index < -0.39 is 0 Å². The Balaban J connectivity index is 0.000000167. The maximum atomic E-state index is 2.86. The molecule has 2 aromatic rings. The Labute approximate surface area is 76.2 Å². The van der Waals surface area contributed by atoms with Crippen LogP contribution in [0, 0.1) is 0 Å². The van der Waals surface area contributed by atoms with Crippen LogP contribution in [0.2, 0.25) is 0 Å². The van der Waals surface area contributed by atoms with Crippen molar-refractivity contribution in [3.63, 3.8) is 0 Å². The number of hydrogen-bond acceptors (Lipinski definition) is 0. The summed E-state index contributed by atoms with van der Waals surface area (Å²) in [5.41, 5.74) is 0.